The van der Waals surface area contributed by atoms with Crippen molar-refractivity contribution in [3.63, 3.8) is 0 Å². The molecule has 2 heterocycles. The molecule has 0 saturated heterocycles. The van der Waals surface area contributed by atoms with Gasteiger partial charge in [-0.15, -0.1) is 0 Å². The van der Waals surface area contributed by atoms with E-state index in [4.69, 9.17) is 15.0 Å². The summed E-state index contributed by atoms with van der Waals surface area (Å²) in [6.45, 7) is 1.82. The molecule has 1 aliphatic rings. The van der Waals surface area contributed by atoms with Crippen molar-refractivity contribution in [3.05, 3.63) is 112 Å². The average Bonchev–Trinajstić information content (AvgIpc) is 3.41. The lowest BCUT2D eigenvalue weighted by Crippen LogP contribution is -2.41. The smallest absolute Gasteiger partial charge is 0.339 e. The molecule has 0 aliphatic heterocycles. The highest BCUT2D eigenvalue weighted by Gasteiger charge is 2.34. The summed E-state index contributed by atoms with van der Waals surface area (Å²) in [5.74, 6) is -0.316. The van der Waals surface area contributed by atoms with Crippen LogP contribution in [0, 0.1) is 12.8 Å². The molecule has 1 fully saturated rings. The molecule has 3 unspecified atom stereocenters. The molecule has 3 aromatic carbocycles. The number of rotatable bonds is 7. The Morgan fingerprint density at radius 3 is 2.49 bits per heavy atom. The second kappa shape index (κ2) is 11.1. The third-order valence-corrected chi connectivity index (χ3v) is 8.19. The van der Waals surface area contributed by atoms with Crippen LogP contribution in [0.1, 0.15) is 63.8 Å². The second-order valence-corrected chi connectivity index (χ2v) is 10.7. The highest BCUT2D eigenvalue weighted by atomic mass is 16.5. The van der Waals surface area contributed by atoms with Gasteiger partial charge in [0.2, 0.25) is 0 Å². The van der Waals surface area contributed by atoms with Gasteiger partial charge in [-0.25, -0.2) is 4.79 Å². The minimum Gasteiger partial charge on any atom is -0.457 e. The molecule has 2 aromatic heterocycles. The van der Waals surface area contributed by atoms with Crippen molar-refractivity contribution < 1.29 is 18.8 Å². The fourth-order valence-corrected chi connectivity index (χ4v) is 6.12. The number of carbonyl (C=O) groups excluding carboxylic acids is 2. The minimum atomic E-state index is -0.674. The summed E-state index contributed by atoms with van der Waals surface area (Å²) in [6, 6.07) is 22.9. The molecule has 8 heteroatoms. The van der Waals surface area contributed by atoms with Gasteiger partial charge >= 0.3 is 5.97 Å². The van der Waals surface area contributed by atoms with Crippen LogP contribution in [0.15, 0.2) is 88.2 Å². The fraction of sp³-hybridized carbons (Fsp3) is 0.273. The second-order valence-electron chi connectivity index (χ2n) is 10.7. The first-order valence-corrected chi connectivity index (χ1v) is 13.9. The van der Waals surface area contributed by atoms with Gasteiger partial charge in [0.25, 0.3) is 5.56 Å². The van der Waals surface area contributed by atoms with E-state index in [0.29, 0.717) is 45.1 Å². The monoisotopic (exact) mass is 549 g/mol. The molecule has 2 N–H and O–H groups in total. The van der Waals surface area contributed by atoms with E-state index in [9.17, 15) is 14.4 Å². The van der Waals surface area contributed by atoms with Crippen LogP contribution in [0.3, 0.4) is 0 Å². The Kier molecular flexibility index (Phi) is 7.24. The predicted octanol–water partition coefficient (Wildman–Crippen LogP) is 5.75. The van der Waals surface area contributed by atoms with Gasteiger partial charge in [-0.2, -0.15) is 0 Å². The number of nitrogens with zero attached hydrogens (tertiary/aromatic N) is 2. The first-order chi connectivity index (χ1) is 19.9. The molecule has 8 nitrogen and oxygen atoms in total. The summed E-state index contributed by atoms with van der Waals surface area (Å²) < 4.78 is 12.9. The van der Waals surface area contributed by atoms with Crippen molar-refractivity contribution in [3.8, 4) is 0 Å². The maximum Gasteiger partial charge on any atom is 0.339 e. The molecular formula is C33H31N3O5. The van der Waals surface area contributed by atoms with E-state index in [0.717, 1.165) is 24.8 Å². The van der Waals surface area contributed by atoms with Crippen LogP contribution in [0.5, 0.6) is 0 Å². The minimum absolute atomic E-state index is 0.0952. The Labute approximate surface area is 236 Å². The molecule has 3 atom stereocenters. The van der Waals surface area contributed by atoms with Crippen LogP contribution in [0.2, 0.25) is 0 Å². The van der Waals surface area contributed by atoms with Crippen molar-refractivity contribution in [1.29, 1.82) is 0 Å². The summed E-state index contributed by atoms with van der Waals surface area (Å²) in [5, 5.41) is 5.05. The van der Waals surface area contributed by atoms with Crippen LogP contribution >= 0.6 is 0 Å². The lowest BCUT2D eigenvalue weighted by Gasteiger charge is -2.34. The predicted molar refractivity (Wildman–Crippen MR) is 156 cm³/mol. The third-order valence-electron chi connectivity index (χ3n) is 8.19. The van der Waals surface area contributed by atoms with Gasteiger partial charge in [0.15, 0.2) is 5.78 Å². The lowest BCUT2D eigenvalue weighted by molar-refractivity contribution is 0.0475. The first kappa shape index (κ1) is 26.7. The Morgan fingerprint density at radius 1 is 1.00 bits per heavy atom. The summed E-state index contributed by atoms with van der Waals surface area (Å²) >= 11 is 0. The van der Waals surface area contributed by atoms with Gasteiger partial charge in [0.05, 0.1) is 17.1 Å². The van der Waals surface area contributed by atoms with Crippen LogP contribution in [0.4, 0.5) is 0 Å². The third kappa shape index (κ3) is 4.95. The molecule has 0 spiro atoms. The Hall–Kier alpha value is -4.56. The van der Waals surface area contributed by atoms with Crippen LogP contribution in [0.25, 0.3) is 21.8 Å². The van der Waals surface area contributed by atoms with Gasteiger partial charge < -0.3 is 19.6 Å². The van der Waals surface area contributed by atoms with E-state index < -0.39 is 12.0 Å². The number of hydrogen-bond acceptors (Lipinski definition) is 7. The zero-order chi connectivity index (χ0) is 28.5. The van der Waals surface area contributed by atoms with E-state index in [1.54, 1.807) is 35.8 Å². The number of hydrogen-bond donors (Lipinski definition) is 1. The zero-order valence-corrected chi connectivity index (χ0v) is 22.8. The van der Waals surface area contributed by atoms with Crippen molar-refractivity contribution in [1.82, 2.24) is 9.72 Å². The average molecular weight is 550 g/mol. The number of ether oxygens (including phenoxy) is 1. The number of nitrogens with two attached hydrogens (primary N) is 1. The number of Topliss-reactive ketones (excluding diaryl/α,β-unsaturated/α-hetero) is 1. The van der Waals surface area contributed by atoms with Crippen molar-refractivity contribution >= 4 is 33.6 Å². The number of carbonyl (C=O) groups is 2. The van der Waals surface area contributed by atoms with Gasteiger partial charge in [0.1, 0.15) is 23.3 Å². The number of pyridine rings is 1. The van der Waals surface area contributed by atoms with Gasteiger partial charge in [-0.05, 0) is 49.8 Å². The van der Waals surface area contributed by atoms with Gasteiger partial charge in [-0.1, -0.05) is 78.3 Å². The maximum absolute atomic E-state index is 14.0. The SMILES string of the molecule is Cc1onc2c1c(=O)n(C1CCCC(C(N)C(=O)c3ccccc3)C1)c1cccc(C(=O)OCc3ccccc3)c21. The highest BCUT2D eigenvalue weighted by molar-refractivity contribution is 6.14. The van der Waals surface area contributed by atoms with E-state index in [-0.39, 0.29) is 29.9 Å². The summed E-state index contributed by atoms with van der Waals surface area (Å²) in [5.41, 5.74) is 9.00. The molecule has 208 valence electrons. The Bertz CT molecular complexity index is 1790. The molecule has 0 amide bonds. The maximum atomic E-state index is 14.0. The van der Waals surface area contributed by atoms with Crippen molar-refractivity contribution in [2.45, 2.75) is 51.3 Å². The number of aryl methyl sites for hydroxylation is 1. The first-order valence-electron chi connectivity index (χ1n) is 13.9. The van der Waals surface area contributed by atoms with E-state index in [2.05, 4.69) is 5.16 Å². The fourth-order valence-electron chi connectivity index (χ4n) is 6.12. The quantitative estimate of drug-likeness (QED) is 0.203. The van der Waals surface area contributed by atoms with Crippen LogP contribution in [-0.4, -0.2) is 27.5 Å². The molecule has 6 rings (SSSR count). The topological polar surface area (TPSA) is 117 Å². The van der Waals surface area contributed by atoms with E-state index in [1.165, 1.54) is 0 Å². The van der Waals surface area contributed by atoms with Crippen LogP contribution in [-0.2, 0) is 11.3 Å². The largest absolute Gasteiger partial charge is 0.457 e. The highest BCUT2D eigenvalue weighted by Crippen LogP contribution is 2.37. The van der Waals surface area contributed by atoms with Gasteiger partial charge in [0, 0.05) is 17.0 Å². The number of aromatic nitrogens is 2. The number of ketones is 1. The number of benzene rings is 3. The van der Waals surface area contributed by atoms with Crippen molar-refractivity contribution in [2.75, 3.05) is 0 Å². The molecular weight excluding hydrogens is 518 g/mol. The van der Waals surface area contributed by atoms with Gasteiger partial charge in [-0.3, -0.25) is 9.59 Å². The van der Waals surface area contributed by atoms with Crippen molar-refractivity contribution in [2.24, 2.45) is 11.7 Å². The normalized spacial score (nSPS) is 17.9. The Morgan fingerprint density at radius 2 is 1.73 bits per heavy atom. The Balaban J connectivity index is 1.40. The summed E-state index contributed by atoms with van der Waals surface area (Å²) in [6.07, 6.45) is 2.93. The standard InChI is InChI=1S/C33H31N3O5/c1-20-27-30(35-41-20)28-25(33(39)40-19-21-10-4-2-5-11-21)16-9-17-26(28)36(32(27)38)24-15-8-14-23(18-24)29(34)31(37)22-12-6-3-7-13-22/h2-7,9-13,16-17,23-24,29H,8,14-15,18-19,34H2,1H3. The summed E-state index contributed by atoms with van der Waals surface area (Å²) in [7, 11) is 0. The summed E-state index contributed by atoms with van der Waals surface area (Å²) in [4.78, 5) is 40.5. The lowest BCUT2D eigenvalue weighted by atomic mass is 9.79. The molecule has 0 radical (unpaired) electrons. The molecule has 0 bridgehead atoms. The van der Waals surface area contributed by atoms with E-state index in [1.807, 2.05) is 54.6 Å². The zero-order valence-electron chi connectivity index (χ0n) is 22.8. The number of fused-ring (bicyclic) bond motifs is 3. The molecule has 1 saturated carbocycles. The van der Waals surface area contributed by atoms with Crippen LogP contribution < -0.4 is 11.3 Å². The molecule has 1 aliphatic carbocycles. The molecule has 5 aromatic rings. The number of esters is 1. The van der Waals surface area contributed by atoms with E-state index >= 15 is 0 Å². The molecule has 41 heavy (non-hydrogen) atoms.